The minimum atomic E-state index is 0.773. The number of benzene rings is 1. The van der Waals surface area contributed by atoms with Gasteiger partial charge in [-0.3, -0.25) is 0 Å². The first kappa shape index (κ1) is 13.8. The number of halogens is 2. The highest BCUT2D eigenvalue weighted by Gasteiger charge is 2.01. The molecule has 1 rings (SSSR count). The van der Waals surface area contributed by atoms with Gasteiger partial charge in [-0.15, -0.1) is 0 Å². The maximum atomic E-state index is 6.09. The molecule has 0 aliphatic heterocycles. The van der Waals surface area contributed by atoms with Gasteiger partial charge in [0, 0.05) is 10.0 Å². The molecule has 0 unspecified atom stereocenters. The van der Waals surface area contributed by atoms with Crippen molar-refractivity contribution in [3.63, 3.8) is 0 Å². The van der Waals surface area contributed by atoms with Crippen molar-refractivity contribution in [2.24, 2.45) is 0 Å². The Morgan fingerprint density at radius 2 is 1.81 bits per heavy atom. The first-order valence-corrected chi connectivity index (χ1v) is 6.58. The SMILES string of the molecule is CNCCCCCCc1cc(Cl)ccc1Cl. The molecule has 0 bridgehead atoms. The average molecular weight is 260 g/mol. The summed E-state index contributed by atoms with van der Waals surface area (Å²) in [5.74, 6) is 0. The second kappa shape index (κ2) is 7.94. The Hall–Kier alpha value is -0.240. The van der Waals surface area contributed by atoms with E-state index in [1.807, 2.05) is 25.2 Å². The molecule has 0 spiro atoms. The van der Waals surface area contributed by atoms with E-state index >= 15 is 0 Å². The molecule has 0 atom stereocenters. The molecule has 0 aromatic heterocycles. The van der Waals surface area contributed by atoms with Crippen molar-refractivity contribution in [3.8, 4) is 0 Å². The van der Waals surface area contributed by atoms with E-state index in [2.05, 4.69) is 5.32 Å². The van der Waals surface area contributed by atoms with E-state index in [4.69, 9.17) is 23.2 Å². The molecule has 0 aliphatic carbocycles. The minimum absolute atomic E-state index is 0.773. The number of aryl methyl sites for hydroxylation is 1. The zero-order valence-corrected chi connectivity index (χ0v) is 11.2. The number of hydrogen-bond donors (Lipinski definition) is 1. The van der Waals surface area contributed by atoms with E-state index in [9.17, 15) is 0 Å². The molecule has 3 heteroatoms. The predicted molar refractivity (Wildman–Crippen MR) is 72.6 cm³/mol. The monoisotopic (exact) mass is 259 g/mol. The first-order chi connectivity index (χ1) is 7.74. The quantitative estimate of drug-likeness (QED) is 0.720. The standard InChI is InChI=1S/C13H19Cl2N/c1-16-9-5-3-2-4-6-11-10-12(14)7-8-13(11)15/h7-8,10,16H,2-6,9H2,1H3. The number of nitrogens with one attached hydrogen (secondary N) is 1. The highest BCUT2D eigenvalue weighted by Crippen LogP contribution is 2.22. The van der Waals surface area contributed by atoms with Gasteiger partial charge >= 0.3 is 0 Å². The van der Waals surface area contributed by atoms with Gasteiger partial charge in [-0.05, 0) is 56.6 Å². The summed E-state index contributed by atoms with van der Waals surface area (Å²) < 4.78 is 0. The van der Waals surface area contributed by atoms with Crippen LogP contribution in [0.5, 0.6) is 0 Å². The topological polar surface area (TPSA) is 12.0 Å². The Kier molecular flexibility index (Phi) is 6.86. The van der Waals surface area contributed by atoms with Crippen LogP contribution in [0.2, 0.25) is 10.0 Å². The number of unbranched alkanes of at least 4 members (excludes halogenated alkanes) is 3. The van der Waals surface area contributed by atoms with Crippen molar-refractivity contribution in [2.45, 2.75) is 32.1 Å². The molecule has 0 radical (unpaired) electrons. The summed E-state index contributed by atoms with van der Waals surface area (Å²) in [5, 5.41) is 4.76. The molecule has 1 N–H and O–H groups in total. The molecule has 0 saturated heterocycles. The van der Waals surface area contributed by atoms with Crippen LogP contribution in [-0.2, 0) is 6.42 Å². The van der Waals surface area contributed by atoms with Crippen molar-refractivity contribution < 1.29 is 0 Å². The van der Waals surface area contributed by atoms with Gasteiger partial charge in [0.15, 0.2) is 0 Å². The largest absolute Gasteiger partial charge is 0.320 e. The van der Waals surface area contributed by atoms with Crippen molar-refractivity contribution in [3.05, 3.63) is 33.8 Å². The van der Waals surface area contributed by atoms with Crippen LogP contribution in [0, 0.1) is 0 Å². The third-order valence-corrected chi connectivity index (χ3v) is 3.23. The Morgan fingerprint density at radius 3 is 2.56 bits per heavy atom. The summed E-state index contributed by atoms with van der Waals surface area (Å²) >= 11 is 12.0. The first-order valence-electron chi connectivity index (χ1n) is 5.82. The third-order valence-electron chi connectivity index (χ3n) is 2.63. The molecule has 1 aromatic rings. The van der Waals surface area contributed by atoms with Crippen LogP contribution in [0.1, 0.15) is 31.2 Å². The van der Waals surface area contributed by atoms with E-state index in [-0.39, 0.29) is 0 Å². The average Bonchev–Trinajstić information content (AvgIpc) is 2.28. The maximum absolute atomic E-state index is 6.09. The summed E-state index contributed by atoms with van der Waals surface area (Å²) in [7, 11) is 1.99. The van der Waals surface area contributed by atoms with Crippen LogP contribution in [0.4, 0.5) is 0 Å². The van der Waals surface area contributed by atoms with Crippen molar-refractivity contribution in [1.82, 2.24) is 5.32 Å². The van der Waals surface area contributed by atoms with E-state index in [0.29, 0.717) is 0 Å². The second-order valence-corrected chi connectivity index (χ2v) is 4.85. The molecule has 1 aromatic carbocycles. The van der Waals surface area contributed by atoms with Crippen LogP contribution in [0.25, 0.3) is 0 Å². The maximum Gasteiger partial charge on any atom is 0.0439 e. The molecule has 0 amide bonds. The number of rotatable bonds is 7. The summed E-state index contributed by atoms with van der Waals surface area (Å²) in [6.07, 6.45) is 5.99. The second-order valence-electron chi connectivity index (χ2n) is 4.00. The highest BCUT2D eigenvalue weighted by atomic mass is 35.5. The molecule has 0 saturated carbocycles. The minimum Gasteiger partial charge on any atom is -0.320 e. The van der Waals surface area contributed by atoms with Crippen LogP contribution in [0.15, 0.2) is 18.2 Å². The molecular weight excluding hydrogens is 241 g/mol. The molecule has 0 fully saturated rings. The van der Waals surface area contributed by atoms with Gasteiger partial charge in [0.2, 0.25) is 0 Å². The van der Waals surface area contributed by atoms with Gasteiger partial charge in [0.1, 0.15) is 0 Å². The Balaban J connectivity index is 2.23. The fourth-order valence-electron chi connectivity index (χ4n) is 1.71. The van der Waals surface area contributed by atoms with Crippen molar-refractivity contribution >= 4 is 23.2 Å². The van der Waals surface area contributed by atoms with Crippen LogP contribution in [-0.4, -0.2) is 13.6 Å². The van der Waals surface area contributed by atoms with Gasteiger partial charge in [0.05, 0.1) is 0 Å². The predicted octanol–water partition coefficient (Wildman–Crippen LogP) is 4.32. The molecule has 90 valence electrons. The fraction of sp³-hybridized carbons (Fsp3) is 0.538. The Morgan fingerprint density at radius 1 is 1.06 bits per heavy atom. The van der Waals surface area contributed by atoms with Crippen molar-refractivity contribution in [1.29, 1.82) is 0 Å². The lowest BCUT2D eigenvalue weighted by atomic mass is 10.1. The molecule has 1 nitrogen and oxygen atoms in total. The lowest BCUT2D eigenvalue weighted by molar-refractivity contribution is 0.616. The summed E-state index contributed by atoms with van der Waals surface area (Å²) in [5.41, 5.74) is 1.17. The fourth-order valence-corrected chi connectivity index (χ4v) is 2.11. The lowest BCUT2D eigenvalue weighted by Gasteiger charge is -2.05. The summed E-state index contributed by atoms with van der Waals surface area (Å²) in [4.78, 5) is 0. The zero-order valence-electron chi connectivity index (χ0n) is 9.73. The Labute approximate surface area is 108 Å². The van der Waals surface area contributed by atoms with Crippen molar-refractivity contribution in [2.75, 3.05) is 13.6 Å². The van der Waals surface area contributed by atoms with Crippen LogP contribution >= 0.6 is 23.2 Å². The Bertz CT molecular complexity index is 313. The summed E-state index contributed by atoms with van der Waals surface area (Å²) in [6, 6.07) is 5.68. The van der Waals surface area contributed by atoms with Gasteiger partial charge < -0.3 is 5.32 Å². The smallest absolute Gasteiger partial charge is 0.0439 e. The summed E-state index contributed by atoms with van der Waals surface area (Å²) in [6.45, 7) is 1.11. The molecule has 0 heterocycles. The van der Waals surface area contributed by atoms with Gasteiger partial charge in [-0.2, -0.15) is 0 Å². The van der Waals surface area contributed by atoms with E-state index in [1.165, 1.54) is 31.2 Å². The van der Waals surface area contributed by atoms with Crippen LogP contribution in [0.3, 0.4) is 0 Å². The molecule has 0 aliphatic rings. The molecule has 16 heavy (non-hydrogen) atoms. The normalized spacial score (nSPS) is 10.7. The van der Waals surface area contributed by atoms with E-state index < -0.39 is 0 Å². The number of hydrogen-bond acceptors (Lipinski definition) is 1. The lowest BCUT2D eigenvalue weighted by Crippen LogP contribution is -2.06. The van der Waals surface area contributed by atoms with Gasteiger partial charge in [-0.1, -0.05) is 36.0 Å². The zero-order chi connectivity index (χ0) is 11.8. The third kappa shape index (κ3) is 5.20. The van der Waals surface area contributed by atoms with Gasteiger partial charge in [-0.25, -0.2) is 0 Å². The van der Waals surface area contributed by atoms with Gasteiger partial charge in [0.25, 0.3) is 0 Å². The van der Waals surface area contributed by atoms with Crippen LogP contribution < -0.4 is 5.32 Å². The highest BCUT2D eigenvalue weighted by molar-refractivity contribution is 6.33. The van der Waals surface area contributed by atoms with E-state index in [1.54, 1.807) is 0 Å². The molecular formula is C13H19Cl2N. The van der Waals surface area contributed by atoms with E-state index in [0.717, 1.165) is 23.0 Å².